The van der Waals surface area contributed by atoms with Crippen molar-refractivity contribution in [2.24, 2.45) is 11.8 Å². The molecule has 0 amide bonds. The lowest BCUT2D eigenvalue weighted by molar-refractivity contribution is -0.148. The average Bonchev–Trinajstić information content (AvgIpc) is 2.27. The Balaban J connectivity index is 3.09. The van der Waals surface area contributed by atoms with Gasteiger partial charge in [0.25, 0.3) is 0 Å². The van der Waals surface area contributed by atoms with Crippen LogP contribution in [-0.4, -0.2) is 16.2 Å². The van der Waals surface area contributed by atoms with Gasteiger partial charge >= 0.3 is 5.97 Å². The van der Waals surface area contributed by atoms with Crippen molar-refractivity contribution in [1.82, 2.24) is 0 Å². The fourth-order valence-electron chi connectivity index (χ4n) is 2.12. The largest absolute Gasteiger partial charge is 0.481 e. The minimum absolute atomic E-state index is 0.104. The molecule has 3 nitrogen and oxygen atoms in total. The van der Waals surface area contributed by atoms with Crippen LogP contribution in [0.3, 0.4) is 0 Å². The number of carboxylic acids is 1. The Morgan fingerprint density at radius 2 is 1.88 bits per heavy atom. The lowest BCUT2D eigenvalue weighted by atomic mass is 9.84. The van der Waals surface area contributed by atoms with Crippen LogP contribution in [0.5, 0.6) is 0 Å². The molecule has 17 heavy (non-hydrogen) atoms. The average molecular weight is 236 g/mol. The summed E-state index contributed by atoms with van der Waals surface area (Å²) in [6.07, 6.45) is -0.152. The molecule has 1 aromatic rings. The third-order valence-corrected chi connectivity index (χ3v) is 3.10. The van der Waals surface area contributed by atoms with Gasteiger partial charge in [-0.05, 0) is 23.5 Å². The zero-order chi connectivity index (χ0) is 13.0. The van der Waals surface area contributed by atoms with Crippen molar-refractivity contribution >= 4 is 5.97 Å². The minimum atomic E-state index is -0.946. The van der Waals surface area contributed by atoms with Gasteiger partial charge in [-0.15, -0.1) is 0 Å². The number of carbonyl (C=O) groups is 1. The standard InChI is InChI=1S/C14H20O3/c1-4-10-7-5-6-8-11(10)13(15)12(9(2)3)14(16)17/h5-9,12-13,15H,4H2,1-3H3,(H,16,17). The number of hydrogen-bond donors (Lipinski definition) is 2. The summed E-state index contributed by atoms with van der Waals surface area (Å²) in [4.78, 5) is 11.2. The number of aliphatic hydroxyl groups is 1. The molecule has 0 aliphatic carbocycles. The first-order valence-electron chi connectivity index (χ1n) is 5.97. The summed E-state index contributed by atoms with van der Waals surface area (Å²) in [5, 5.41) is 19.4. The van der Waals surface area contributed by atoms with Crippen molar-refractivity contribution in [3.05, 3.63) is 35.4 Å². The molecule has 3 heteroatoms. The van der Waals surface area contributed by atoms with Crippen LogP contribution in [0, 0.1) is 11.8 Å². The smallest absolute Gasteiger partial charge is 0.309 e. The molecule has 2 unspecified atom stereocenters. The predicted octanol–water partition coefficient (Wildman–Crippen LogP) is 2.64. The van der Waals surface area contributed by atoms with Gasteiger partial charge in [0.1, 0.15) is 0 Å². The summed E-state index contributed by atoms with van der Waals surface area (Å²) in [5.74, 6) is -1.81. The fraction of sp³-hybridized carbons (Fsp3) is 0.500. The van der Waals surface area contributed by atoms with E-state index in [9.17, 15) is 15.0 Å². The van der Waals surface area contributed by atoms with Gasteiger partial charge in [-0.2, -0.15) is 0 Å². The molecule has 0 aliphatic rings. The maximum Gasteiger partial charge on any atom is 0.309 e. The Labute approximate surface area is 102 Å². The number of carboxylic acid groups (broad SMARTS) is 1. The van der Waals surface area contributed by atoms with Gasteiger partial charge in [-0.25, -0.2) is 0 Å². The van der Waals surface area contributed by atoms with Crippen LogP contribution in [0.1, 0.15) is 38.0 Å². The molecule has 0 heterocycles. The summed E-state index contributed by atoms with van der Waals surface area (Å²) in [7, 11) is 0. The number of hydrogen-bond acceptors (Lipinski definition) is 2. The van der Waals surface area contributed by atoms with E-state index >= 15 is 0 Å². The molecule has 0 fully saturated rings. The van der Waals surface area contributed by atoms with E-state index in [-0.39, 0.29) is 5.92 Å². The van der Waals surface area contributed by atoms with E-state index in [1.165, 1.54) is 0 Å². The summed E-state index contributed by atoms with van der Waals surface area (Å²) >= 11 is 0. The van der Waals surface area contributed by atoms with Crippen LogP contribution >= 0.6 is 0 Å². The zero-order valence-corrected chi connectivity index (χ0v) is 10.6. The summed E-state index contributed by atoms with van der Waals surface area (Å²) < 4.78 is 0. The molecular formula is C14H20O3. The Hall–Kier alpha value is -1.35. The van der Waals surface area contributed by atoms with Crippen LogP contribution < -0.4 is 0 Å². The van der Waals surface area contributed by atoms with E-state index in [0.29, 0.717) is 0 Å². The zero-order valence-electron chi connectivity index (χ0n) is 10.6. The molecule has 1 aromatic carbocycles. The van der Waals surface area contributed by atoms with Crippen molar-refractivity contribution in [3.63, 3.8) is 0 Å². The van der Waals surface area contributed by atoms with E-state index in [1.54, 1.807) is 0 Å². The molecule has 0 bridgehead atoms. The molecular weight excluding hydrogens is 216 g/mol. The van der Waals surface area contributed by atoms with Crippen LogP contribution in [0.15, 0.2) is 24.3 Å². The van der Waals surface area contributed by atoms with Crippen molar-refractivity contribution < 1.29 is 15.0 Å². The van der Waals surface area contributed by atoms with E-state index < -0.39 is 18.0 Å². The highest BCUT2D eigenvalue weighted by atomic mass is 16.4. The highest BCUT2D eigenvalue weighted by Gasteiger charge is 2.31. The van der Waals surface area contributed by atoms with E-state index in [0.717, 1.165) is 17.5 Å². The summed E-state index contributed by atoms with van der Waals surface area (Å²) in [6, 6.07) is 7.47. The third kappa shape index (κ3) is 3.07. The number of aryl methyl sites for hydroxylation is 1. The molecule has 2 N–H and O–H groups in total. The quantitative estimate of drug-likeness (QED) is 0.826. The second kappa shape index (κ2) is 5.82. The molecule has 1 rings (SSSR count). The predicted molar refractivity (Wildman–Crippen MR) is 66.7 cm³/mol. The van der Waals surface area contributed by atoms with Crippen LogP contribution in [0.4, 0.5) is 0 Å². The van der Waals surface area contributed by atoms with Gasteiger partial charge in [-0.3, -0.25) is 4.79 Å². The van der Waals surface area contributed by atoms with Gasteiger partial charge in [-0.1, -0.05) is 45.0 Å². The first-order chi connectivity index (χ1) is 7.99. The summed E-state index contributed by atoms with van der Waals surface area (Å²) in [5.41, 5.74) is 1.74. The minimum Gasteiger partial charge on any atom is -0.481 e. The van der Waals surface area contributed by atoms with Crippen molar-refractivity contribution in [3.8, 4) is 0 Å². The first-order valence-corrected chi connectivity index (χ1v) is 5.97. The lowest BCUT2D eigenvalue weighted by Crippen LogP contribution is -2.27. The Bertz CT molecular complexity index is 385. The molecule has 94 valence electrons. The normalized spacial score (nSPS) is 14.6. The van der Waals surface area contributed by atoms with E-state index in [1.807, 2.05) is 45.0 Å². The number of aliphatic hydroxyl groups excluding tert-OH is 1. The second-order valence-corrected chi connectivity index (χ2v) is 4.61. The van der Waals surface area contributed by atoms with Crippen LogP contribution in [0.2, 0.25) is 0 Å². The molecule has 0 spiro atoms. The maximum absolute atomic E-state index is 11.2. The lowest BCUT2D eigenvalue weighted by Gasteiger charge is -2.24. The van der Waals surface area contributed by atoms with Crippen molar-refractivity contribution in [2.45, 2.75) is 33.3 Å². The monoisotopic (exact) mass is 236 g/mol. The topological polar surface area (TPSA) is 57.5 Å². The van der Waals surface area contributed by atoms with Gasteiger partial charge in [0.2, 0.25) is 0 Å². The molecule has 0 aromatic heterocycles. The number of benzene rings is 1. The molecule has 0 radical (unpaired) electrons. The van der Waals surface area contributed by atoms with Gasteiger partial charge in [0.15, 0.2) is 0 Å². The van der Waals surface area contributed by atoms with Gasteiger partial charge < -0.3 is 10.2 Å². The fourth-order valence-corrected chi connectivity index (χ4v) is 2.12. The number of rotatable bonds is 5. The van der Waals surface area contributed by atoms with Crippen LogP contribution in [-0.2, 0) is 11.2 Å². The third-order valence-electron chi connectivity index (χ3n) is 3.10. The molecule has 2 atom stereocenters. The van der Waals surface area contributed by atoms with Crippen molar-refractivity contribution in [1.29, 1.82) is 0 Å². The maximum atomic E-state index is 11.2. The van der Waals surface area contributed by atoms with E-state index in [2.05, 4.69) is 0 Å². The first kappa shape index (κ1) is 13.7. The SMILES string of the molecule is CCc1ccccc1C(O)C(C(=O)O)C(C)C. The summed E-state index contributed by atoms with van der Waals surface area (Å²) in [6.45, 7) is 5.63. The highest BCUT2D eigenvalue weighted by molar-refractivity contribution is 5.71. The highest BCUT2D eigenvalue weighted by Crippen LogP contribution is 2.30. The van der Waals surface area contributed by atoms with Gasteiger partial charge in [0, 0.05) is 0 Å². The molecule has 0 aliphatic heterocycles. The Kier molecular flexibility index (Phi) is 4.70. The van der Waals surface area contributed by atoms with E-state index in [4.69, 9.17) is 0 Å². The van der Waals surface area contributed by atoms with Crippen molar-refractivity contribution in [2.75, 3.05) is 0 Å². The second-order valence-electron chi connectivity index (χ2n) is 4.61. The van der Waals surface area contributed by atoms with Gasteiger partial charge in [0.05, 0.1) is 12.0 Å². The van der Waals surface area contributed by atoms with Crippen LogP contribution in [0.25, 0.3) is 0 Å². The Morgan fingerprint density at radius 1 is 1.29 bits per heavy atom. The number of aliphatic carboxylic acids is 1. The molecule has 0 saturated heterocycles. The Morgan fingerprint density at radius 3 is 2.35 bits per heavy atom. The molecule has 0 saturated carbocycles.